The number of aryl methyl sites for hydroxylation is 1. The molecule has 0 saturated carbocycles. The average molecular weight is 590 g/mol. The molecule has 11 heteroatoms. The number of methoxy groups -OCH3 is 2. The van der Waals surface area contributed by atoms with Gasteiger partial charge in [0.25, 0.3) is 0 Å². The summed E-state index contributed by atoms with van der Waals surface area (Å²) in [4.78, 5) is 27.2. The predicted molar refractivity (Wildman–Crippen MR) is 153 cm³/mol. The van der Waals surface area contributed by atoms with E-state index in [1.165, 1.54) is 11.7 Å². The monoisotopic (exact) mass is 589 g/mol. The van der Waals surface area contributed by atoms with Crippen molar-refractivity contribution in [2.75, 3.05) is 27.3 Å². The number of carbonyl (C=O) groups is 2. The Balaban J connectivity index is 1.71. The molecule has 1 N–H and O–H groups in total. The van der Waals surface area contributed by atoms with Gasteiger partial charge in [0.1, 0.15) is 11.4 Å². The summed E-state index contributed by atoms with van der Waals surface area (Å²) in [6, 6.07) is 10.1. The standard InChI is InChI=1S/C31H38F3N3O5/c1-19-15-26(40-5)24(23-12-14-37(27(19)23)29(39)42-30(2,3)4)17-36-13-11-22(35-18-31(32,33)34)16-25(36)20-7-9-21(10-8-20)28(38)41-6/h7-10,12,14-15,22,25,35H,11,13,16-18H2,1-6H3/t22-,25-/m1/s1. The lowest BCUT2D eigenvalue weighted by atomic mass is 9.90. The van der Waals surface area contributed by atoms with Gasteiger partial charge < -0.3 is 19.5 Å². The summed E-state index contributed by atoms with van der Waals surface area (Å²) in [6.45, 7) is 7.21. The molecule has 1 fully saturated rings. The van der Waals surface area contributed by atoms with Crippen molar-refractivity contribution in [3.05, 3.63) is 64.8 Å². The van der Waals surface area contributed by atoms with Gasteiger partial charge in [-0.05, 0) is 75.9 Å². The molecule has 1 saturated heterocycles. The van der Waals surface area contributed by atoms with Crippen LogP contribution in [0.2, 0.25) is 0 Å². The molecule has 42 heavy (non-hydrogen) atoms. The first-order valence-corrected chi connectivity index (χ1v) is 13.8. The van der Waals surface area contributed by atoms with Crippen molar-refractivity contribution in [2.24, 2.45) is 0 Å². The zero-order valence-corrected chi connectivity index (χ0v) is 24.8. The van der Waals surface area contributed by atoms with Crippen LogP contribution in [-0.2, 0) is 16.0 Å². The minimum atomic E-state index is -4.31. The second-order valence-corrected chi connectivity index (χ2v) is 11.6. The summed E-state index contributed by atoms with van der Waals surface area (Å²) in [5.74, 6) is 0.187. The van der Waals surface area contributed by atoms with Crippen molar-refractivity contribution >= 4 is 23.0 Å². The Hall–Kier alpha value is -3.57. The maximum atomic E-state index is 13.0. The lowest BCUT2D eigenvalue weighted by Crippen LogP contribution is -2.46. The average Bonchev–Trinajstić information content (AvgIpc) is 3.38. The van der Waals surface area contributed by atoms with E-state index in [2.05, 4.69) is 10.2 Å². The van der Waals surface area contributed by atoms with Crippen LogP contribution in [0.1, 0.15) is 66.7 Å². The number of fused-ring (bicyclic) bond motifs is 1. The minimum absolute atomic E-state index is 0.245. The molecule has 4 rings (SSSR count). The molecule has 2 atom stereocenters. The number of hydrogen-bond acceptors (Lipinski definition) is 7. The smallest absolute Gasteiger partial charge is 0.419 e. The summed E-state index contributed by atoms with van der Waals surface area (Å²) in [7, 11) is 2.90. The van der Waals surface area contributed by atoms with E-state index in [0.717, 1.165) is 22.1 Å². The highest BCUT2D eigenvalue weighted by atomic mass is 19.4. The number of nitrogens with one attached hydrogen (secondary N) is 1. The van der Waals surface area contributed by atoms with E-state index in [1.54, 1.807) is 25.4 Å². The number of likely N-dealkylation sites (tertiary alicyclic amines) is 1. The molecule has 0 spiro atoms. The quantitative estimate of drug-likeness (QED) is 0.320. The van der Waals surface area contributed by atoms with E-state index in [9.17, 15) is 22.8 Å². The van der Waals surface area contributed by atoms with Crippen molar-refractivity contribution in [2.45, 2.75) is 70.9 Å². The third kappa shape index (κ3) is 7.25. The summed E-state index contributed by atoms with van der Waals surface area (Å²) < 4.78 is 56.7. The van der Waals surface area contributed by atoms with Crippen LogP contribution in [0.4, 0.5) is 18.0 Å². The third-order valence-corrected chi connectivity index (χ3v) is 7.42. The fourth-order valence-electron chi connectivity index (χ4n) is 5.53. The Bertz CT molecular complexity index is 1430. The number of rotatable bonds is 7. The number of halogens is 3. The zero-order chi connectivity index (χ0) is 30.8. The molecule has 1 aromatic heterocycles. The molecule has 8 nitrogen and oxygen atoms in total. The molecule has 0 radical (unpaired) electrons. The Labute approximate surface area is 243 Å². The van der Waals surface area contributed by atoms with Crippen LogP contribution in [-0.4, -0.2) is 66.7 Å². The molecule has 1 aliphatic heterocycles. The van der Waals surface area contributed by atoms with Crippen LogP contribution in [0, 0.1) is 6.92 Å². The van der Waals surface area contributed by atoms with Crippen LogP contribution in [0.25, 0.3) is 10.9 Å². The molecule has 3 aromatic rings. The van der Waals surface area contributed by atoms with Gasteiger partial charge in [0.05, 0.1) is 31.8 Å². The number of alkyl halides is 3. The van der Waals surface area contributed by atoms with E-state index in [1.807, 2.05) is 52.0 Å². The second kappa shape index (κ2) is 12.3. The van der Waals surface area contributed by atoms with Gasteiger partial charge in [-0.3, -0.25) is 9.47 Å². The minimum Gasteiger partial charge on any atom is -0.496 e. The van der Waals surface area contributed by atoms with Crippen LogP contribution in [0.3, 0.4) is 0 Å². The van der Waals surface area contributed by atoms with E-state index >= 15 is 0 Å². The van der Waals surface area contributed by atoms with Crippen LogP contribution in [0.15, 0.2) is 42.6 Å². The Morgan fingerprint density at radius 2 is 1.76 bits per heavy atom. The Kier molecular flexibility index (Phi) is 9.22. The van der Waals surface area contributed by atoms with Gasteiger partial charge in [-0.1, -0.05) is 12.1 Å². The molecule has 0 unspecified atom stereocenters. The van der Waals surface area contributed by atoms with E-state index in [4.69, 9.17) is 14.2 Å². The molecule has 2 heterocycles. The number of hydrogen-bond donors (Lipinski definition) is 1. The van der Waals surface area contributed by atoms with Crippen molar-refractivity contribution < 1.29 is 37.0 Å². The topological polar surface area (TPSA) is 82.0 Å². The van der Waals surface area contributed by atoms with E-state index < -0.39 is 30.4 Å². The number of aromatic nitrogens is 1. The zero-order valence-electron chi connectivity index (χ0n) is 24.8. The van der Waals surface area contributed by atoms with Crippen molar-refractivity contribution in [1.82, 2.24) is 14.8 Å². The molecule has 1 aliphatic rings. The number of esters is 1. The number of nitrogens with zero attached hydrogens (tertiary/aromatic N) is 2. The van der Waals surface area contributed by atoms with Crippen molar-refractivity contribution in [3.63, 3.8) is 0 Å². The Morgan fingerprint density at radius 3 is 2.36 bits per heavy atom. The first-order chi connectivity index (χ1) is 19.7. The van der Waals surface area contributed by atoms with E-state index in [0.29, 0.717) is 42.8 Å². The van der Waals surface area contributed by atoms with Crippen molar-refractivity contribution in [1.29, 1.82) is 0 Å². The molecular formula is C31H38F3N3O5. The summed E-state index contributed by atoms with van der Waals surface area (Å²) >= 11 is 0. The molecule has 0 aliphatic carbocycles. The molecule has 0 bridgehead atoms. The lowest BCUT2D eigenvalue weighted by molar-refractivity contribution is -0.127. The van der Waals surface area contributed by atoms with Gasteiger partial charge in [-0.2, -0.15) is 13.2 Å². The fourth-order valence-corrected chi connectivity index (χ4v) is 5.53. The SMILES string of the molecule is COC(=O)c1ccc([C@H]2C[C@H](NCC(F)(F)F)CCN2Cc2c(OC)cc(C)c3c2ccn3C(=O)OC(C)(C)C)cc1. The molecule has 228 valence electrons. The molecule has 2 aromatic carbocycles. The van der Waals surface area contributed by atoms with Gasteiger partial charge in [0, 0.05) is 42.3 Å². The van der Waals surface area contributed by atoms with Gasteiger partial charge in [-0.15, -0.1) is 0 Å². The van der Waals surface area contributed by atoms with Gasteiger partial charge >= 0.3 is 18.2 Å². The van der Waals surface area contributed by atoms with Crippen molar-refractivity contribution in [3.8, 4) is 5.75 Å². The third-order valence-electron chi connectivity index (χ3n) is 7.42. The van der Waals surface area contributed by atoms with Gasteiger partial charge in [0.15, 0.2) is 0 Å². The summed E-state index contributed by atoms with van der Waals surface area (Å²) in [6.07, 6.45) is -2.16. The van der Waals surface area contributed by atoms with Crippen LogP contribution in [0.5, 0.6) is 5.75 Å². The van der Waals surface area contributed by atoms with Crippen LogP contribution >= 0.6 is 0 Å². The van der Waals surface area contributed by atoms with E-state index in [-0.39, 0.29) is 12.1 Å². The number of carbonyl (C=O) groups excluding carboxylic acids is 2. The maximum absolute atomic E-state index is 13.0. The van der Waals surface area contributed by atoms with Gasteiger partial charge in [-0.25, -0.2) is 9.59 Å². The first kappa shape index (κ1) is 31.4. The first-order valence-electron chi connectivity index (χ1n) is 13.8. The fraction of sp³-hybridized carbons (Fsp3) is 0.484. The highest BCUT2D eigenvalue weighted by Gasteiger charge is 2.34. The second-order valence-electron chi connectivity index (χ2n) is 11.6. The Morgan fingerprint density at radius 1 is 1.07 bits per heavy atom. The van der Waals surface area contributed by atoms with Crippen LogP contribution < -0.4 is 10.1 Å². The number of ether oxygens (including phenoxy) is 3. The normalized spacial score (nSPS) is 18.2. The summed E-state index contributed by atoms with van der Waals surface area (Å²) in [5, 5.41) is 3.50. The highest BCUT2D eigenvalue weighted by Crippen LogP contribution is 2.38. The predicted octanol–water partition coefficient (Wildman–Crippen LogP) is 6.39. The largest absolute Gasteiger partial charge is 0.496 e. The maximum Gasteiger partial charge on any atom is 0.419 e. The lowest BCUT2D eigenvalue weighted by Gasteiger charge is -2.40. The number of benzene rings is 2. The van der Waals surface area contributed by atoms with Gasteiger partial charge in [0.2, 0.25) is 0 Å². The molecular weight excluding hydrogens is 551 g/mol. The summed E-state index contributed by atoms with van der Waals surface area (Å²) in [5.41, 5.74) is 3.00. The number of piperidine rings is 1. The highest BCUT2D eigenvalue weighted by molar-refractivity contribution is 5.95. The molecule has 0 amide bonds.